The second-order valence-electron chi connectivity index (χ2n) is 8.48. The van der Waals surface area contributed by atoms with Crippen molar-refractivity contribution >= 4 is 28.8 Å². The topological polar surface area (TPSA) is 122 Å². The predicted octanol–water partition coefficient (Wildman–Crippen LogP) is 1.61. The fourth-order valence-corrected chi connectivity index (χ4v) is 4.82. The number of hydrogen-bond acceptors (Lipinski definition) is 7. The summed E-state index contributed by atoms with van der Waals surface area (Å²) < 4.78 is 19.6. The number of hydrogen-bond donors (Lipinski definition) is 1. The van der Waals surface area contributed by atoms with Crippen LogP contribution in [0.25, 0.3) is 16.9 Å². The van der Waals surface area contributed by atoms with E-state index in [-0.39, 0.29) is 41.7 Å². The molecule has 0 radical (unpaired) electrons. The molecule has 194 valence electrons. The first kappa shape index (κ1) is 25.1. The highest BCUT2D eigenvalue weighted by molar-refractivity contribution is 7.99. The SMILES string of the molecule is Cn1c(=O)c2c(ncn2Cc2nnc(SCC(=O)NCc3ccccc3F)n2-c2ccccc2)n(C)c1=O. The van der Waals surface area contributed by atoms with Crippen molar-refractivity contribution in [3.8, 4) is 5.69 Å². The number of carbonyl (C=O) groups is 1. The zero-order valence-electron chi connectivity index (χ0n) is 20.5. The lowest BCUT2D eigenvalue weighted by molar-refractivity contribution is -0.118. The number of amides is 1. The molecule has 0 aliphatic heterocycles. The zero-order valence-corrected chi connectivity index (χ0v) is 21.4. The lowest BCUT2D eigenvalue weighted by atomic mass is 10.2. The van der Waals surface area contributed by atoms with Gasteiger partial charge < -0.3 is 9.88 Å². The second-order valence-corrected chi connectivity index (χ2v) is 9.42. The lowest BCUT2D eigenvalue weighted by Crippen LogP contribution is -2.37. The van der Waals surface area contributed by atoms with Crippen molar-refractivity contribution in [2.75, 3.05) is 5.75 Å². The molecular formula is C25H23FN8O3S. The minimum absolute atomic E-state index is 0.0378. The highest BCUT2D eigenvalue weighted by Gasteiger charge is 2.20. The van der Waals surface area contributed by atoms with Gasteiger partial charge in [-0.15, -0.1) is 10.2 Å². The average molecular weight is 535 g/mol. The molecule has 0 saturated heterocycles. The van der Waals surface area contributed by atoms with E-state index >= 15 is 0 Å². The van der Waals surface area contributed by atoms with Crippen molar-refractivity contribution in [3.05, 3.63) is 99.0 Å². The Morgan fingerprint density at radius 3 is 2.50 bits per heavy atom. The van der Waals surface area contributed by atoms with Gasteiger partial charge in [0.2, 0.25) is 5.91 Å². The van der Waals surface area contributed by atoms with Gasteiger partial charge in [-0.2, -0.15) is 0 Å². The van der Waals surface area contributed by atoms with Crippen LogP contribution >= 0.6 is 11.8 Å². The summed E-state index contributed by atoms with van der Waals surface area (Å²) in [7, 11) is 2.97. The van der Waals surface area contributed by atoms with Gasteiger partial charge in [0.25, 0.3) is 5.56 Å². The summed E-state index contributed by atoms with van der Waals surface area (Å²) >= 11 is 1.18. The zero-order chi connectivity index (χ0) is 26.8. The van der Waals surface area contributed by atoms with Crippen LogP contribution in [0.4, 0.5) is 4.39 Å². The quantitative estimate of drug-likeness (QED) is 0.300. The minimum atomic E-state index is -0.466. The largest absolute Gasteiger partial charge is 0.351 e. The van der Waals surface area contributed by atoms with E-state index in [9.17, 15) is 18.8 Å². The molecule has 13 heteroatoms. The van der Waals surface area contributed by atoms with Crippen molar-refractivity contribution in [1.82, 2.24) is 38.8 Å². The van der Waals surface area contributed by atoms with Crippen molar-refractivity contribution in [3.63, 3.8) is 0 Å². The number of rotatable bonds is 8. The molecule has 5 rings (SSSR count). The lowest BCUT2D eigenvalue weighted by Gasteiger charge is -2.11. The van der Waals surface area contributed by atoms with E-state index in [1.807, 2.05) is 30.3 Å². The summed E-state index contributed by atoms with van der Waals surface area (Å²) in [6.45, 7) is 0.222. The molecule has 38 heavy (non-hydrogen) atoms. The van der Waals surface area contributed by atoms with Crippen LogP contribution in [0, 0.1) is 5.82 Å². The number of para-hydroxylation sites is 1. The molecule has 0 saturated carbocycles. The Bertz CT molecular complexity index is 1760. The predicted molar refractivity (Wildman–Crippen MR) is 140 cm³/mol. The van der Waals surface area contributed by atoms with E-state index in [0.717, 1.165) is 10.3 Å². The second kappa shape index (κ2) is 10.5. The molecule has 0 atom stereocenters. The maximum absolute atomic E-state index is 13.9. The molecule has 0 bridgehead atoms. The maximum atomic E-state index is 13.9. The number of carbonyl (C=O) groups excluding carboxylic acids is 1. The normalized spacial score (nSPS) is 11.2. The number of fused-ring (bicyclic) bond motifs is 1. The molecule has 1 amide bonds. The van der Waals surface area contributed by atoms with Crippen LogP contribution in [-0.2, 0) is 32.0 Å². The van der Waals surface area contributed by atoms with E-state index in [4.69, 9.17) is 0 Å². The number of aryl methyl sites for hydroxylation is 1. The van der Waals surface area contributed by atoms with Crippen LogP contribution in [-0.4, -0.2) is 45.1 Å². The van der Waals surface area contributed by atoms with E-state index < -0.39 is 11.2 Å². The number of benzene rings is 2. The van der Waals surface area contributed by atoms with Gasteiger partial charge in [0.05, 0.1) is 18.6 Å². The number of halogens is 1. The standard InChI is InChI=1S/C25H23FN8O3S/c1-31-22-21(23(36)32(2)25(31)37)33(15-28-22)13-19-29-30-24(34(19)17-9-4-3-5-10-17)38-14-20(35)27-12-16-8-6-7-11-18(16)26/h3-11,15H,12-14H2,1-2H3,(H,27,35). The van der Waals surface area contributed by atoms with Gasteiger partial charge >= 0.3 is 5.69 Å². The van der Waals surface area contributed by atoms with Crippen LogP contribution in [0.2, 0.25) is 0 Å². The Labute approximate surface area is 219 Å². The third-order valence-electron chi connectivity index (χ3n) is 6.01. The van der Waals surface area contributed by atoms with E-state index in [1.165, 1.54) is 35.8 Å². The molecular weight excluding hydrogens is 511 g/mol. The summed E-state index contributed by atoms with van der Waals surface area (Å²) in [6, 6.07) is 15.6. The first-order valence-electron chi connectivity index (χ1n) is 11.6. The molecule has 2 aromatic carbocycles. The Hall–Kier alpha value is -4.52. The fraction of sp³-hybridized carbons (Fsp3) is 0.200. The van der Waals surface area contributed by atoms with Gasteiger partial charge in [-0.1, -0.05) is 48.2 Å². The van der Waals surface area contributed by atoms with Gasteiger partial charge in [0.15, 0.2) is 22.1 Å². The van der Waals surface area contributed by atoms with Gasteiger partial charge in [-0.05, 0) is 18.2 Å². The molecule has 0 fully saturated rings. The van der Waals surface area contributed by atoms with Gasteiger partial charge in [-0.3, -0.25) is 23.3 Å². The fourth-order valence-electron chi connectivity index (χ4n) is 4.02. The van der Waals surface area contributed by atoms with Crippen LogP contribution in [0.1, 0.15) is 11.4 Å². The highest BCUT2D eigenvalue weighted by Crippen LogP contribution is 2.23. The number of nitrogens with zero attached hydrogens (tertiary/aromatic N) is 7. The number of aromatic nitrogens is 7. The Morgan fingerprint density at radius 2 is 1.74 bits per heavy atom. The van der Waals surface area contributed by atoms with Crippen molar-refractivity contribution < 1.29 is 9.18 Å². The molecule has 0 unspecified atom stereocenters. The van der Waals surface area contributed by atoms with Crippen molar-refractivity contribution in [1.29, 1.82) is 0 Å². The van der Waals surface area contributed by atoms with Crippen LogP contribution in [0.5, 0.6) is 0 Å². The van der Waals surface area contributed by atoms with Gasteiger partial charge in [0, 0.05) is 31.9 Å². The summed E-state index contributed by atoms with van der Waals surface area (Å²) in [6.07, 6.45) is 1.48. The maximum Gasteiger partial charge on any atom is 0.332 e. The first-order chi connectivity index (χ1) is 18.3. The highest BCUT2D eigenvalue weighted by atomic mass is 32.2. The molecule has 3 heterocycles. The van der Waals surface area contributed by atoms with Crippen LogP contribution in [0.3, 0.4) is 0 Å². The number of imidazole rings is 1. The van der Waals surface area contributed by atoms with Crippen molar-refractivity contribution in [2.24, 2.45) is 14.1 Å². The molecule has 5 aromatic rings. The average Bonchev–Trinajstić information content (AvgIpc) is 3.54. The molecule has 11 nitrogen and oxygen atoms in total. The van der Waals surface area contributed by atoms with E-state index in [0.29, 0.717) is 16.5 Å². The molecule has 0 spiro atoms. The molecule has 0 aliphatic rings. The van der Waals surface area contributed by atoms with E-state index in [1.54, 1.807) is 34.4 Å². The number of thioether (sulfide) groups is 1. The Kier molecular flexibility index (Phi) is 6.92. The van der Waals surface area contributed by atoms with E-state index in [2.05, 4.69) is 20.5 Å². The monoisotopic (exact) mass is 534 g/mol. The summed E-state index contributed by atoms with van der Waals surface area (Å²) in [5.41, 5.74) is 0.770. The Balaban J connectivity index is 1.42. The van der Waals surface area contributed by atoms with Crippen LogP contribution < -0.4 is 16.6 Å². The third kappa shape index (κ3) is 4.75. The van der Waals surface area contributed by atoms with Crippen molar-refractivity contribution in [2.45, 2.75) is 18.2 Å². The Morgan fingerprint density at radius 1 is 1.00 bits per heavy atom. The minimum Gasteiger partial charge on any atom is -0.351 e. The van der Waals surface area contributed by atoms with Gasteiger partial charge in [0.1, 0.15) is 5.82 Å². The first-order valence-corrected chi connectivity index (χ1v) is 12.6. The number of nitrogens with one attached hydrogen (secondary N) is 1. The summed E-state index contributed by atoms with van der Waals surface area (Å²) in [5, 5.41) is 11.8. The van der Waals surface area contributed by atoms with Gasteiger partial charge in [-0.25, -0.2) is 14.2 Å². The third-order valence-corrected chi connectivity index (χ3v) is 6.94. The van der Waals surface area contributed by atoms with Crippen LogP contribution in [0.15, 0.2) is 75.7 Å². The smallest absolute Gasteiger partial charge is 0.332 e. The molecule has 0 aliphatic carbocycles. The molecule has 3 aromatic heterocycles. The summed E-state index contributed by atoms with van der Waals surface area (Å²) in [5.74, 6) is -0.125. The summed E-state index contributed by atoms with van der Waals surface area (Å²) in [4.78, 5) is 41.9. The molecule has 1 N–H and O–H groups in total.